The van der Waals surface area contributed by atoms with Gasteiger partial charge in [0.15, 0.2) is 0 Å². The van der Waals surface area contributed by atoms with Gasteiger partial charge in [0, 0.05) is 28.7 Å². The van der Waals surface area contributed by atoms with Crippen LogP contribution in [-0.4, -0.2) is 29.6 Å². The fourth-order valence-electron chi connectivity index (χ4n) is 3.79. The predicted octanol–water partition coefficient (Wildman–Crippen LogP) is 5.30. The van der Waals surface area contributed by atoms with Crippen LogP contribution in [0.25, 0.3) is 0 Å². The van der Waals surface area contributed by atoms with Gasteiger partial charge in [-0.1, -0.05) is 25.4 Å². The fraction of sp³-hybridized carbons (Fsp3) is 0.480. The van der Waals surface area contributed by atoms with Crippen LogP contribution in [0.2, 0.25) is 5.02 Å². The van der Waals surface area contributed by atoms with Crippen molar-refractivity contribution in [3.8, 4) is 17.6 Å². The molecule has 1 aliphatic rings. The Kier molecular flexibility index (Phi) is 8.35. The minimum absolute atomic E-state index is 0.0805. The number of hydrogen-bond acceptors (Lipinski definition) is 5. The molecule has 7 heteroatoms. The molecule has 1 fully saturated rings. The molecule has 1 aliphatic carbocycles. The molecule has 3 rings (SSSR count). The van der Waals surface area contributed by atoms with Crippen molar-refractivity contribution in [2.75, 3.05) is 6.61 Å². The Labute approximate surface area is 194 Å². The van der Waals surface area contributed by atoms with Crippen LogP contribution in [0.5, 0.6) is 11.5 Å². The van der Waals surface area contributed by atoms with Gasteiger partial charge in [-0.2, -0.15) is 5.26 Å². The number of halogens is 1. The van der Waals surface area contributed by atoms with Crippen molar-refractivity contribution in [3.63, 3.8) is 0 Å². The number of carbonyl (C=O) groups excluding carboxylic acids is 1. The molecule has 1 aromatic carbocycles. The lowest BCUT2D eigenvalue weighted by molar-refractivity contribution is -0.130. The fourth-order valence-corrected chi connectivity index (χ4v) is 3.92. The summed E-state index contributed by atoms with van der Waals surface area (Å²) in [6.07, 6.45) is 8.23. The monoisotopic (exact) mass is 455 g/mol. The number of rotatable bonds is 9. The van der Waals surface area contributed by atoms with Crippen molar-refractivity contribution in [2.45, 2.75) is 64.5 Å². The lowest BCUT2D eigenvalue weighted by Crippen LogP contribution is -2.45. The van der Waals surface area contributed by atoms with Crippen molar-refractivity contribution in [3.05, 3.63) is 53.3 Å². The molecule has 1 heterocycles. The zero-order chi connectivity index (χ0) is 23.0. The SMILES string of the molecule is CC(C)(CCCOc1ccc(Cl)cc1)C(=O)NC1CCC(Oc2cncc(C#N)c2)CC1. The first-order valence-electron chi connectivity index (χ1n) is 11.1. The van der Waals surface area contributed by atoms with Crippen molar-refractivity contribution in [1.29, 1.82) is 5.26 Å². The van der Waals surface area contributed by atoms with E-state index in [0.717, 1.165) is 44.3 Å². The summed E-state index contributed by atoms with van der Waals surface area (Å²) >= 11 is 5.88. The predicted molar refractivity (Wildman–Crippen MR) is 124 cm³/mol. The van der Waals surface area contributed by atoms with Crippen LogP contribution >= 0.6 is 11.6 Å². The molecule has 0 spiro atoms. The van der Waals surface area contributed by atoms with Gasteiger partial charge in [0.25, 0.3) is 0 Å². The third-order valence-electron chi connectivity index (χ3n) is 5.80. The maximum atomic E-state index is 12.8. The molecular formula is C25H30ClN3O3. The Morgan fingerprint density at radius 2 is 1.91 bits per heavy atom. The van der Waals surface area contributed by atoms with Gasteiger partial charge in [-0.3, -0.25) is 9.78 Å². The number of nitriles is 1. The number of pyridine rings is 1. The van der Waals surface area contributed by atoms with E-state index in [4.69, 9.17) is 26.3 Å². The number of nitrogens with zero attached hydrogens (tertiary/aromatic N) is 2. The second-order valence-corrected chi connectivity index (χ2v) is 9.31. The van der Waals surface area contributed by atoms with Gasteiger partial charge in [0.2, 0.25) is 5.91 Å². The third kappa shape index (κ3) is 7.13. The van der Waals surface area contributed by atoms with Crippen molar-refractivity contribution >= 4 is 17.5 Å². The van der Waals surface area contributed by atoms with E-state index in [-0.39, 0.29) is 18.1 Å². The number of nitrogens with one attached hydrogen (secondary N) is 1. The normalized spacial score (nSPS) is 18.4. The maximum Gasteiger partial charge on any atom is 0.225 e. The summed E-state index contributed by atoms with van der Waals surface area (Å²) < 4.78 is 11.7. The zero-order valence-electron chi connectivity index (χ0n) is 18.6. The number of amides is 1. The summed E-state index contributed by atoms with van der Waals surface area (Å²) in [6.45, 7) is 4.52. The zero-order valence-corrected chi connectivity index (χ0v) is 19.4. The molecule has 1 aromatic heterocycles. The molecule has 0 bridgehead atoms. The van der Waals surface area contributed by atoms with E-state index in [1.807, 2.05) is 26.0 Å². The lowest BCUT2D eigenvalue weighted by Gasteiger charge is -2.32. The molecule has 32 heavy (non-hydrogen) atoms. The Balaban J connectivity index is 1.37. The minimum atomic E-state index is -0.458. The molecule has 1 N–H and O–H groups in total. The smallest absolute Gasteiger partial charge is 0.225 e. The second kappa shape index (κ2) is 11.2. The van der Waals surface area contributed by atoms with Crippen LogP contribution in [0.3, 0.4) is 0 Å². The first-order chi connectivity index (χ1) is 15.4. The number of hydrogen-bond donors (Lipinski definition) is 1. The van der Waals surface area contributed by atoms with Gasteiger partial charge in [-0.15, -0.1) is 0 Å². The number of carbonyl (C=O) groups is 1. The molecule has 2 aromatic rings. The highest BCUT2D eigenvalue weighted by Gasteiger charge is 2.31. The number of ether oxygens (including phenoxy) is 2. The number of benzene rings is 1. The molecule has 0 aliphatic heterocycles. The second-order valence-electron chi connectivity index (χ2n) is 8.88. The van der Waals surface area contributed by atoms with E-state index in [1.165, 1.54) is 6.20 Å². The average Bonchev–Trinajstić information content (AvgIpc) is 2.79. The van der Waals surface area contributed by atoms with Crippen LogP contribution in [0.1, 0.15) is 57.9 Å². The lowest BCUT2D eigenvalue weighted by atomic mass is 9.85. The summed E-state index contributed by atoms with van der Waals surface area (Å²) in [5.74, 6) is 1.49. The van der Waals surface area contributed by atoms with E-state index in [9.17, 15) is 4.79 Å². The van der Waals surface area contributed by atoms with Crippen LogP contribution in [0.15, 0.2) is 42.7 Å². The molecule has 1 amide bonds. The van der Waals surface area contributed by atoms with E-state index < -0.39 is 5.41 Å². The van der Waals surface area contributed by atoms with Gasteiger partial charge in [-0.05, 0) is 62.8 Å². The van der Waals surface area contributed by atoms with Crippen LogP contribution < -0.4 is 14.8 Å². The maximum absolute atomic E-state index is 12.8. The molecule has 1 saturated carbocycles. The number of aromatic nitrogens is 1. The highest BCUT2D eigenvalue weighted by molar-refractivity contribution is 6.30. The van der Waals surface area contributed by atoms with Gasteiger partial charge in [-0.25, -0.2) is 0 Å². The highest BCUT2D eigenvalue weighted by atomic mass is 35.5. The third-order valence-corrected chi connectivity index (χ3v) is 6.05. The van der Waals surface area contributed by atoms with Gasteiger partial charge >= 0.3 is 0 Å². The first kappa shape index (κ1) is 23.9. The summed E-state index contributed by atoms with van der Waals surface area (Å²) in [7, 11) is 0. The molecule has 0 radical (unpaired) electrons. The highest BCUT2D eigenvalue weighted by Crippen LogP contribution is 2.27. The Bertz CT molecular complexity index is 932. The molecule has 170 valence electrons. The summed E-state index contributed by atoms with van der Waals surface area (Å²) in [6, 6.07) is 11.2. The van der Waals surface area contributed by atoms with Gasteiger partial charge in [0.05, 0.1) is 24.5 Å². The van der Waals surface area contributed by atoms with Crippen molar-refractivity contribution < 1.29 is 14.3 Å². The Morgan fingerprint density at radius 1 is 1.19 bits per heavy atom. The molecule has 0 unspecified atom stereocenters. The summed E-state index contributed by atoms with van der Waals surface area (Å²) in [5.41, 5.74) is 0.0318. The van der Waals surface area contributed by atoms with Gasteiger partial charge < -0.3 is 14.8 Å². The summed E-state index contributed by atoms with van der Waals surface area (Å²) in [4.78, 5) is 16.9. The van der Waals surface area contributed by atoms with E-state index in [0.29, 0.717) is 22.9 Å². The summed E-state index contributed by atoms with van der Waals surface area (Å²) in [5, 5.41) is 12.9. The van der Waals surface area contributed by atoms with Crippen LogP contribution in [0, 0.1) is 16.7 Å². The first-order valence-corrected chi connectivity index (χ1v) is 11.4. The van der Waals surface area contributed by atoms with Crippen LogP contribution in [-0.2, 0) is 4.79 Å². The van der Waals surface area contributed by atoms with Crippen molar-refractivity contribution in [2.24, 2.45) is 5.41 Å². The molecule has 6 nitrogen and oxygen atoms in total. The standard InChI is InChI=1S/C25H30ClN3O3/c1-25(2,12-3-13-31-21-8-4-19(26)5-9-21)24(30)29-20-6-10-22(11-7-20)32-23-14-18(15-27)16-28-17-23/h4-5,8-9,14,16-17,20,22H,3,6-7,10-13H2,1-2H3,(H,29,30). The van der Waals surface area contributed by atoms with Crippen LogP contribution in [0.4, 0.5) is 0 Å². The molecule has 0 saturated heterocycles. The van der Waals surface area contributed by atoms with E-state index >= 15 is 0 Å². The van der Waals surface area contributed by atoms with E-state index in [1.54, 1.807) is 24.4 Å². The Morgan fingerprint density at radius 3 is 2.59 bits per heavy atom. The minimum Gasteiger partial charge on any atom is -0.494 e. The Hall–Kier alpha value is -2.78. The largest absolute Gasteiger partial charge is 0.494 e. The molecule has 0 atom stereocenters. The topological polar surface area (TPSA) is 84.2 Å². The van der Waals surface area contributed by atoms with E-state index in [2.05, 4.69) is 16.4 Å². The van der Waals surface area contributed by atoms with Crippen molar-refractivity contribution in [1.82, 2.24) is 10.3 Å². The average molecular weight is 456 g/mol. The quantitative estimate of drug-likeness (QED) is 0.519. The molecular weight excluding hydrogens is 426 g/mol. The van der Waals surface area contributed by atoms with Gasteiger partial charge in [0.1, 0.15) is 17.6 Å².